The monoisotopic (exact) mass is 495 g/mol. The van der Waals surface area contributed by atoms with Crippen LogP contribution in [0.25, 0.3) is 21.8 Å². The third kappa shape index (κ3) is 4.29. The molecule has 0 amide bonds. The van der Waals surface area contributed by atoms with Crippen molar-refractivity contribution in [3.8, 4) is 5.75 Å². The lowest BCUT2D eigenvalue weighted by molar-refractivity contribution is -0.141. The molecule has 10 nitrogen and oxygen atoms in total. The number of nitrogens with one attached hydrogen (secondary N) is 1. The number of hydrogen-bond donors (Lipinski definition) is 2. The average molecular weight is 496 g/mol. The van der Waals surface area contributed by atoms with Crippen LogP contribution in [0.1, 0.15) is 25.3 Å². The highest BCUT2D eigenvalue weighted by Gasteiger charge is 2.28. The summed E-state index contributed by atoms with van der Waals surface area (Å²) in [5.41, 5.74) is 1.72. The molecular formula is C24H26ClN7O3. The molecule has 35 heavy (non-hydrogen) atoms. The van der Waals surface area contributed by atoms with E-state index in [0.29, 0.717) is 48.5 Å². The fourth-order valence-electron chi connectivity index (χ4n) is 4.62. The van der Waals surface area contributed by atoms with E-state index in [9.17, 15) is 9.90 Å². The quantitative estimate of drug-likeness (QED) is 0.392. The SMILES string of the molecule is CCn1ncc2c3c(NCc4ccc(OC)c(Cl)c4)nnc(N4CCCC(C(=O)O)C4)c3cnc21. The number of halogens is 1. The largest absolute Gasteiger partial charge is 0.495 e. The minimum atomic E-state index is -0.784. The van der Waals surface area contributed by atoms with Gasteiger partial charge in [0.1, 0.15) is 5.75 Å². The number of nitrogens with zero attached hydrogens (tertiary/aromatic N) is 6. The number of piperidine rings is 1. The molecule has 0 saturated carbocycles. The number of fused-ring (bicyclic) bond motifs is 3. The van der Waals surface area contributed by atoms with Crippen molar-refractivity contribution in [2.24, 2.45) is 5.92 Å². The second kappa shape index (κ2) is 9.53. The Balaban J connectivity index is 1.57. The van der Waals surface area contributed by atoms with Gasteiger partial charge in [0, 0.05) is 43.1 Å². The Kier molecular flexibility index (Phi) is 6.29. The molecule has 1 aliphatic rings. The number of carboxylic acid groups (broad SMARTS) is 1. The topological polar surface area (TPSA) is 118 Å². The second-order valence-corrected chi connectivity index (χ2v) is 8.97. The normalized spacial score (nSPS) is 16.1. The van der Waals surface area contributed by atoms with E-state index in [2.05, 4.69) is 25.6 Å². The summed E-state index contributed by atoms with van der Waals surface area (Å²) in [5.74, 6) is 0.644. The number of carboxylic acids is 1. The van der Waals surface area contributed by atoms with Crippen molar-refractivity contribution in [2.75, 3.05) is 30.4 Å². The third-order valence-electron chi connectivity index (χ3n) is 6.43. The predicted octanol–water partition coefficient (Wildman–Crippen LogP) is 3.97. The molecule has 3 aromatic heterocycles. The van der Waals surface area contributed by atoms with Crippen LogP contribution in [-0.2, 0) is 17.9 Å². The van der Waals surface area contributed by atoms with Crippen LogP contribution in [0, 0.1) is 5.92 Å². The van der Waals surface area contributed by atoms with Crippen LogP contribution < -0.4 is 15.0 Å². The first-order valence-electron chi connectivity index (χ1n) is 11.5. The molecule has 0 bridgehead atoms. The van der Waals surface area contributed by atoms with Gasteiger partial charge in [-0.3, -0.25) is 4.79 Å². The van der Waals surface area contributed by atoms with Gasteiger partial charge in [0.25, 0.3) is 0 Å². The number of methoxy groups -OCH3 is 1. The Labute approximate surface area is 206 Å². The lowest BCUT2D eigenvalue weighted by Gasteiger charge is -2.32. The summed E-state index contributed by atoms with van der Waals surface area (Å²) in [7, 11) is 1.58. The maximum Gasteiger partial charge on any atom is 0.308 e. The fraction of sp³-hybridized carbons (Fsp3) is 0.375. The molecule has 1 aliphatic heterocycles. The van der Waals surface area contributed by atoms with Crippen molar-refractivity contribution in [2.45, 2.75) is 32.9 Å². The molecule has 4 heterocycles. The van der Waals surface area contributed by atoms with Crippen molar-refractivity contribution in [3.05, 3.63) is 41.2 Å². The van der Waals surface area contributed by atoms with E-state index in [4.69, 9.17) is 16.3 Å². The number of ether oxygens (including phenoxy) is 1. The van der Waals surface area contributed by atoms with Crippen LogP contribution in [0.2, 0.25) is 5.02 Å². The van der Waals surface area contributed by atoms with Gasteiger partial charge >= 0.3 is 5.97 Å². The molecule has 1 saturated heterocycles. The minimum Gasteiger partial charge on any atom is -0.495 e. The maximum atomic E-state index is 11.6. The third-order valence-corrected chi connectivity index (χ3v) is 6.73. The molecule has 182 valence electrons. The minimum absolute atomic E-state index is 0.391. The maximum absolute atomic E-state index is 11.6. The summed E-state index contributed by atoms with van der Waals surface area (Å²) in [6, 6.07) is 5.62. The zero-order valence-corrected chi connectivity index (χ0v) is 20.3. The first-order valence-corrected chi connectivity index (χ1v) is 11.9. The zero-order chi connectivity index (χ0) is 24.5. The zero-order valence-electron chi connectivity index (χ0n) is 19.5. The summed E-state index contributed by atoms with van der Waals surface area (Å²) in [6.45, 7) is 4.29. The van der Waals surface area contributed by atoms with Gasteiger partial charge in [-0.15, -0.1) is 10.2 Å². The van der Waals surface area contributed by atoms with E-state index in [-0.39, 0.29) is 0 Å². The Morgan fingerprint density at radius 1 is 1.29 bits per heavy atom. The van der Waals surface area contributed by atoms with Gasteiger partial charge in [-0.2, -0.15) is 5.10 Å². The second-order valence-electron chi connectivity index (χ2n) is 8.56. The van der Waals surface area contributed by atoms with Crippen LogP contribution in [0.4, 0.5) is 11.6 Å². The molecule has 2 N–H and O–H groups in total. The highest BCUT2D eigenvalue weighted by molar-refractivity contribution is 6.32. The first kappa shape index (κ1) is 23.1. The highest BCUT2D eigenvalue weighted by Crippen LogP contribution is 2.35. The van der Waals surface area contributed by atoms with Gasteiger partial charge in [-0.1, -0.05) is 17.7 Å². The summed E-state index contributed by atoms with van der Waals surface area (Å²) in [4.78, 5) is 18.3. The van der Waals surface area contributed by atoms with Gasteiger partial charge in [0.05, 0.1) is 29.6 Å². The molecule has 4 aromatic rings. The van der Waals surface area contributed by atoms with Gasteiger partial charge in [0.2, 0.25) is 0 Å². The van der Waals surface area contributed by atoms with Crippen molar-refractivity contribution in [1.82, 2.24) is 25.0 Å². The average Bonchev–Trinajstić information content (AvgIpc) is 3.30. The smallest absolute Gasteiger partial charge is 0.308 e. The standard InChI is InChI=1S/C24H26ClN7O3/c1-3-32-22-17(12-28-32)20-16(11-27-22)23(31-8-4-5-15(13-31)24(33)34)30-29-21(20)26-10-14-6-7-19(35-2)18(25)9-14/h6-7,9,11-12,15H,3-5,8,10,13H2,1-2H3,(H,26,29)(H,33,34). The molecule has 0 radical (unpaired) electrons. The van der Waals surface area contributed by atoms with Gasteiger partial charge in [-0.25, -0.2) is 9.67 Å². The molecule has 1 unspecified atom stereocenters. The van der Waals surface area contributed by atoms with Crippen LogP contribution in [0.15, 0.2) is 30.6 Å². The van der Waals surface area contributed by atoms with Crippen LogP contribution in [0.3, 0.4) is 0 Å². The van der Waals surface area contributed by atoms with Crippen molar-refractivity contribution in [3.63, 3.8) is 0 Å². The number of rotatable bonds is 7. The van der Waals surface area contributed by atoms with E-state index in [1.165, 1.54) is 0 Å². The Morgan fingerprint density at radius 3 is 2.89 bits per heavy atom. The van der Waals surface area contributed by atoms with Gasteiger partial charge in [-0.05, 0) is 37.5 Å². The Morgan fingerprint density at radius 2 is 2.14 bits per heavy atom. The molecule has 0 aliphatic carbocycles. The lowest BCUT2D eigenvalue weighted by atomic mass is 9.98. The van der Waals surface area contributed by atoms with E-state index in [0.717, 1.165) is 40.3 Å². The number of aliphatic carboxylic acids is 1. The Bertz CT molecular complexity index is 1410. The van der Waals surface area contributed by atoms with E-state index in [1.807, 2.05) is 34.7 Å². The molecule has 1 atom stereocenters. The number of carbonyl (C=O) groups is 1. The van der Waals surface area contributed by atoms with Crippen LogP contribution in [-0.4, -0.2) is 56.2 Å². The number of anilines is 2. The van der Waals surface area contributed by atoms with E-state index in [1.54, 1.807) is 19.5 Å². The first-order chi connectivity index (χ1) is 17.0. The van der Waals surface area contributed by atoms with Crippen molar-refractivity contribution < 1.29 is 14.6 Å². The number of hydrogen-bond acceptors (Lipinski definition) is 8. The molecule has 0 spiro atoms. The lowest BCUT2D eigenvalue weighted by Crippen LogP contribution is -2.39. The van der Waals surface area contributed by atoms with E-state index >= 15 is 0 Å². The Hall–Kier alpha value is -3.66. The van der Waals surface area contributed by atoms with Gasteiger partial charge in [0.15, 0.2) is 17.3 Å². The molecule has 11 heteroatoms. The number of aryl methyl sites for hydroxylation is 1. The van der Waals surface area contributed by atoms with Gasteiger partial charge < -0.3 is 20.1 Å². The van der Waals surface area contributed by atoms with Crippen LogP contribution >= 0.6 is 11.6 Å². The van der Waals surface area contributed by atoms with Crippen molar-refractivity contribution >= 4 is 51.0 Å². The molecular weight excluding hydrogens is 470 g/mol. The van der Waals surface area contributed by atoms with Crippen molar-refractivity contribution in [1.29, 1.82) is 0 Å². The summed E-state index contributed by atoms with van der Waals surface area (Å²) in [6.07, 6.45) is 5.02. The number of benzene rings is 1. The predicted molar refractivity (Wildman–Crippen MR) is 134 cm³/mol. The molecule has 5 rings (SSSR count). The summed E-state index contributed by atoms with van der Waals surface area (Å²) in [5, 5.41) is 29.6. The summed E-state index contributed by atoms with van der Waals surface area (Å²) < 4.78 is 7.08. The highest BCUT2D eigenvalue weighted by atomic mass is 35.5. The molecule has 1 aromatic carbocycles. The fourth-order valence-corrected chi connectivity index (χ4v) is 4.90. The number of aromatic nitrogens is 5. The number of pyridine rings is 1. The molecule has 1 fully saturated rings. The summed E-state index contributed by atoms with van der Waals surface area (Å²) >= 11 is 6.30. The van der Waals surface area contributed by atoms with Crippen LogP contribution in [0.5, 0.6) is 5.75 Å². The van der Waals surface area contributed by atoms with E-state index < -0.39 is 11.9 Å².